The monoisotopic (exact) mass is 438 g/mol. The summed E-state index contributed by atoms with van der Waals surface area (Å²) in [7, 11) is 0. The molecule has 0 atom stereocenters. The fourth-order valence-corrected chi connectivity index (χ4v) is 4.05. The highest BCUT2D eigenvalue weighted by molar-refractivity contribution is 5.97. The number of carbonyl (C=O) groups is 1. The Kier molecular flexibility index (Phi) is 4.73. The van der Waals surface area contributed by atoms with Crippen molar-refractivity contribution in [2.75, 3.05) is 11.4 Å². The number of carbonyl (C=O) groups excluding carboxylic acids is 1. The lowest BCUT2D eigenvalue weighted by Gasteiger charge is -2.21. The first-order valence-corrected chi connectivity index (χ1v) is 9.94. The summed E-state index contributed by atoms with van der Waals surface area (Å²) in [6.45, 7) is 0.574. The smallest absolute Gasteiger partial charge is 0.323 e. The molecule has 1 amide bonds. The third-order valence-electron chi connectivity index (χ3n) is 5.55. The Bertz CT molecular complexity index is 1410. The molecular weight excluding hydrogens is 421 g/mol. The van der Waals surface area contributed by atoms with Crippen LogP contribution in [0.2, 0.25) is 0 Å². The number of benzene rings is 3. The van der Waals surface area contributed by atoms with Gasteiger partial charge in [0, 0.05) is 24.8 Å². The van der Waals surface area contributed by atoms with E-state index in [0.717, 1.165) is 17.2 Å². The molecule has 0 unspecified atom stereocenters. The maximum Gasteiger partial charge on any atom is 0.323 e. The number of anilines is 2. The summed E-state index contributed by atoms with van der Waals surface area (Å²) in [6, 6.07) is 11.5. The molecule has 6 nitrogen and oxygen atoms in total. The van der Waals surface area contributed by atoms with Gasteiger partial charge in [-0.3, -0.25) is 4.79 Å². The van der Waals surface area contributed by atoms with Crippen LogP contribution in [0.5, 0.6) is 0 Å². The van der Waals surface area contributed by atoms with E-state index in [1.807, 2.05) is 6.07 Å². The van der Waals surface area contributed by atoms with Crippen molar-refractivity contribution in [3.05, 3.63) is 93.2 Å². The van der Waals surface area contributed by atoms with Gasteiger partial charge in [-0.05, 0) is 41.8 Å². The van der Waals surface area contributed by atoms with Gasteiger partial charge in [0.2, 0.25) is 0 Å². The first kappa shape index (κ1) is 19.9. The van der Waals surface area contributed by atoms with E-state index in [1.165, 1.54) is 24.3 Å². The highest BCUT2D eigenvalue weighted by Gasteiger charge is 2.25. The number of rotatable bonds is 4. The van der Waals surface area contributed by atoms with Crippen LogP contribution in [0.1, 0.15) is 21.5 Å². The predicted octanol–water partition coefficient (Wildman–Crippen LogP) is 3.90. The van der Waals surface area contributed by atoms with Gasteiger partial charge in [0.25, 0.3) is 5.91 Å². The molecule has 9 heteroatoms. The topological polar surface area (TPSA) is 81.0 Å². The van der Waals surface area contributed by atoms with Gasteiger partial charge in [-0.2, -0.15) is 0 Å². The Morgan fingerprint density at radius 1 is 0.969 bits per heavy atom. The number of aromatic amines is 2. The number of para-hydroxylation sites is 1. The Morgan fingerprint density at radius 2 is 1.69 bits per heavy atom. The van der Waals surface area contributed by atoms with Gasteiger partial charge in [0.05, 0.1) is 16.6 Å². The summed E-state index contributed by atoms with van der Waals surface area (Å²) in [5.41, 5.74) is 2.23. The first-order valence-electron chi connectivity index (χ1n) is 9.94. The van der Waals surface area contributed by atoms with Crippen LogP contribution in [0.3, 0.4) is 0 Å². The number of nitrogens with zero attached hydrogens (tertiary/aromatic N) is 1. The SMILES string of the molecule is O=C(NCc1ccc2c(c1)CCN2c1c(F)cccc1F)c1cc2[nH]c(=O)[nH]c2cc1F. The van der Waals surface area contributed by atoms with Crippen LogP contribution in [0.25, 0.3) is 11.0 Å². The molecular formula is C23H17F3N4O2. The highest BCUT2D eigenvalue weighted by atomic mass is 19.1. The third-order valence-corrected chi connectivity index (χ3v) is 5.55. The lowest BCUT2D eigenvalue weighted by atomic mass is 10.1. The Morgan fingerprint density at radius 3 is 2.44 bits per heavy atom. The molecule has 3 aromatic carbocycles. The third kappa shape index (κ3) is 3.41. The maximum absolute atomic E-state index is 14.3. The fraction of sp³-hybridized carbons (Fsp3) is 0.130. The number of amides is 1. The quantitative estimate of drug-likeness (QED) is 0.452. The lowest BCUT2D eigenvalue weighted by molar-refractivity contribution is 0.0947. The van der Waals surface area contributed by atoms with Gasteiger partial charge in [-0.15, -0.1) is 0 Å². The average Bonchev–Trinajstić information content (AvgIpc) is 3.33. The standard InChI is InChI=1S/C23H17F3N4O2/c24-15-2-1-3-16(25)21(15)30-7-6-13-8-12(4-5-20(13)30)11-27-22(31)14-9-18-19(10-17(14)26)29-23(32)28-18/h1-5,8-10H,6-7,11H2,(H,27,31)(H2,28,29,32). The normalized spacial score (nSPS) is 12.9. The van der Waals surface area contributed by atoms with Crippen molar-refractivity contribution in [1.82, 2.24) is 15.3 Å². The Hall–Kier alpha value is -4.01. The zero-order valence-electron chi connectivity index (χ0n) is 16.6. The number of hydrogen-bond donors (Lipinski definition) is 3. The number of H-pyrrole nitrogens is 2. The molecule has 4 aromatic rings. The number of aromatic nitrogens is 2. The fourth-order valence-electron chi connectivity index (χ4n) is 4.05. The van der Waals surface area contributed by atoms with Crippen molar-refractivity contribution in [3.8, 4) is 0 Å². The molecule has 0 saturated carbocycles. The van der Waals surface area contributed by atoms with Crippen LogP contribution in [0.4, 0.5) is 24.5 Å². The first-order chi connectivity index (χ1) is 15.4. The summed E-state index contributed by atoms with van der Waals surface area (Å²) in [6.07, 6.45) is 0.594. The molecule has 0 aliphatic carbocycles. The Labute approximate surface area is 179 Å². The van der Waals surface area contributed by atoms with Gasteiger partial charge in [0.1, 0.15) is 23.1 Å². The van der Waals surface area contributed by atoms with Gasteiger partial charge < -0.3 is 20.2 Å². The zero-order chi connectivity index (χ0) is 22.4. The van der Waals surface area contributed by atoms with Crippen molar-refractivity contribution in [3.63, 3.8) is 0 Å². The summed E-state index contributed by atoms with van der Waals surface area (Å²) < 4.78 is 42.7. The number of nitrogens with one attached hydrogen (secondary N) is 3. The molecule has 5 rings (SSSR count). The van der Waals surface area contributed by atoms with E-state index in [4.69, 9.17) is 0 Å². The molecule has 0 bridgehead atoms. The van der Waals surface area contributed by atoms with E-state index in [1.54, 1.807) is 17.0 Å². The highest BCUT2D eigenvalue weighted by Crippen LogP contribution is 2.37. The number of fused-ring (bicyclic) bond motifs is 2. The number of halogens is 3. The molecule has 2 heterocycles. The van der Waals surface area contributed by atoms with Crippen LogP contribution < -0.4 is 15.9 Å². The second kappa shape index (κ2) is 7.60. The van der Waals surface area contributed by atoms with Gasteiger partial charge in [-0.1, -0.05) is 18.2 Å². The van der Waals surface area contributed by atoms with E-state index >= 15 is 0 Å². The van der Waals surface area contributed by atoms with Crippen molar-refractivity contribution in [2.45, 2.75) is 13.0 Å². The van der Waals surface area contributed by atoms with Crippen molar-refractivity contribution >= 4 is 28.3 Å². The zero-order valence-corrected chi connectivity index (χ0v) is 16.6. The summed E-state index contributed by atoms with van der Waals surface area (Å²) >= 11 is 0. The van der Waals surface area contributed by atoms with Crippen molar-refractivity contribution in [2.24, 2.45) is 0 Å². The second-order valence-electron chi connectivity index (χ2n) is 7.57. The number of imidazole rings is 1. The van der Waals surface area contributed by atoms with Crippen LogP contribution in [-0.2, 0) is 13.0 Å². The molecule has 0 radical (unpaired) electrons. The minimum atomic E-state index is -0.748. The molecule has 0 fully saturated rings. The van der Waals surface area contributed by atoms with E-state index < -0.39 is 29.0 Å². The summed E-state index contributed by atoms with van der Waals surface area (Å²) in [5.74, 6) is -2.63. The predicted molar refractivity (Wildman–Crippen MR) is 114 cm³/mol. The average molecular weight is 438 g/mol. The second-order valence-corrected chi connectivity index (χ2v) is 7.57. The lowest BCUT2D eigenvalue weighted by Crippen LogP contribution is -2.24. The molecule has 1 aliphatic rings. The van der Waals surface area contributed by atoms with Gasteiger partial charge in [-0.25, -0.2) is 18.0 Å². The molecule has 0 saturated heterocycles. The van der Waals surface area contributed by atoms with Crippen LogP contribution in [0.15, 0.2) is 53.3 Å². The van der Waals surface area contributed by atoms with Crippen molar-refractivity contribution in [1.29, 1.82) is 0 Å². The molecule has 162 valence electrons. The van der Waals surface area contributed by atoms with E-state index in [9.17, 15) is 22.8 Å². The largest absolute Gasteiger partial charge is 0.348 e. The minimum Gasteiger partial charge on any atom is -0.348 e. The minimum absolute atomic E-state index is 0.0824. The molecule has 3 N–H and O–H groups in total. The van der Waals surface area contributed by atoms with E-state index in [-0.39, 0.29) is 23.3 Å². The van der Waals surface area contributed by atoms with E-state index in [0.29, 0.717) is 24.2 Å². The van der Waals surface area contributed by atoms with Crippen LogP contribution in [-0.4, -0.2) is 22.4 Å². The Balaban J connectivity index is 1.34. The molecule has 32 heavy (non-hydrogen) atoms. The van der Waals surface area contributed by atoms with Crippen molar-refractivity contribution < 1.29 is 18.0 Å². The molecule has 1 aromatic heterocycles. The maximum atomic E-state index is 14.3. The molecule has 1 aliphatic heterocycles. The number of hydrogen-bond acceptors (Lipinski definition) is 3. The van der Waals surface area contributed by atoms with Crippen LogP contribution >= 0.6 is 0 Å². The van der Waals surface area contributed by atoms with E-state index in [2.05, 4.69) is 15.3 Å². The summed E-state index contributed by atoms with van der Waals surface area (Å²) in [4.78, 5) is 30.4. The van der Waals surface area contributed by atoms with Crippen LogP contribution in [0, 0.1) is 17.5 Å². The summed E-state index contributed by atoms with van der Waals surface area (Å²) in [5, 5.41) is 2.67. The van der Waals surface area contributed by atoms with Gasteiger partial charge >= 0.3 is 5.69 Å². The molecule has 0 spiro atoms. The van der Waals surface area contributed by atoms with Gasteiger partial charge in [0.15, 0.2) is 0 Å².